The highest BCUT2D eigenvalue weighted by atomic mass is 15.4. The Balaban J connectivity index is 1.97. The lowest BCUT2D eigenvalue weighted by atomic mass is 10.0. The number of nitrogens with two attached hydrogens (primary N) is 1. The fourth-order valence-electron chi connectivity index (χ4n) is 2.13. The largest absolute Gasteiger partial charge is 0.370 e. The molecule has 1 fully saturated rings. The summed E-state index contributed by atoms with van der Waals surface area (Å²) in [5.74, 6) is 1.53. The molecule has 1 aliphatic heterocycles. The van der Waals surface area contributed by atoms with E-state index in [0.717, 1.165) is 24.5 Å². The maximum Gasteiger partial charge on any atom is 0.191 e. The van der Waals surface area contributed by atoms with Crippen LogP contribution in [0.1, 0.15) is 33.1 Å². The summed E-state index contributed by atoms with van der Waals surface area (Å²) in [6, 6.07) is 1.31. The van der Waals surface area contributed by atoms with Crippen molar-refractivity contribution in [2.45, 2.75) is 45.2 Å². The molecule has 2 rings (SSSR count). The van der Waals surface area contributed by atoms with E-state index in [1.54, 1.807) is 0 Å². The first-order valence-corrected chi connectivity index (χ1v) is 5.26. The fourth-order valence-corrected chi connectivity index (χ4v) is 2.13. The zero-order valence-corrected chi connectivity index (χ0v) is 8.53. The summed E-state index contributed by atoms with van der Waals surface area (Å²) in [7, 11) is 0. The molecule has 0 saturated heterocycles. The predicted molar refractivity (Wildman–Crippen MR) is 54.6 cm³/mol. The van der Waals surface area contributed by atoms with Crippen LogP contribution in [0, 0.1) is 5.92 Å². The summed E-state index contributed by atoms with van der Waals surface area (Å²) < 4.78 is 0. The molecule has 0 spiro atoms. The second-order valence-corrected chi connectivity index (χ2v) is 4.62. The van der Waals surface area contributed by atoms with Crippen molar-refractivity contribution < 1.29 is 0 Å². The van der Waals surface area contributed by atoms with Gasteiger partial charge in [0.15, 0.2) is 5.96 Å². The van der Waals surface area contributed by atoms with Crippen LogP contribution in [0.25, 0.3) is 0 Å². The summed E-state index contributed by atoms with van der Waals surface area (Å²) in [6.07, 6.45) is 3.84. The summed E-state index contributed by atoms with van der Waals surface area (Å²) in [6.45, 7) is 5.44. The van der Waals surface area contributed by atoms with Gasteiger partial charge in [-0.15, -0.1) is 0 Å². The Labute approximate surface area is 80.0 Å². The predicted octanol–water partition coefficient (Wildman–Crippen LogP) is 1.19. The van der Waals surface area contributed by atoms with E-state index in [9.17, 15) is 0 Å². The van der Waals surface area contributed by atoms with Crippen molar-refractivity contribution in [2.75, 3.05) is 6.54 Å². The van der Waals surface area contributed by atoms with Crippen molar-refractivity contribution in [3.63, 3.8) is 0 Å². The summed E-state index contributed by atoms with van der Waals surface area (Å²) in [5.41, 5.74) is 5.86. The minimum absolute atomic E-state index is 0.590. The molecule has 1 heterocycles. The molecule has 1 atom stereocenters. The van der Waals surface area contributed by atoms with Crippen LogP contribution < -0.4 is 5.73 Å². The monoisotopic (exact) mass is 181 g/mol. The maximum absolute atomic E-state index is 5.86. The molecule has 74 valence electrons. The second kappa shape index (κ2) is 3.20. The van der Waals surface area contributed by atoms with Crippen LogP contribution in [0.5, 0.6) is 0 Å². The van der Waals surface area contributed by atoms with E-state index < -0.39 is 0 Å². The molecule has 1 saturated carbocycles. The van der Waals surface area contributed by atoms with E-state index in [4.69, 9.17) is 5.73 Å². The van der Waals surface area contributed by atoms with Crippen LogP contribution in [0.15, 0.2) is 4.99 Å². The molecule has 0 radical (unpaired) electrons. The molecular formula is C10H19N3. The van der Waals surface area contributed by atoms with Gasteiger partial charge in [0.2, 0.25) is 0 Å². The molecule has 1 unspecified atom stereocenters. The third kappa shape index (κ3) is 1.79. The van der Waals surface area contributed by atoms with Crippen LogP contribution in [0.3, 0.4) is 0 Å². The van der Waals surface area contributed by atoms with E-state index >= 15 is 0 Å². The van der Waals surface area contributed by atoms with Gasteiger partial charge in [-0.3, -0.25) is 4.99 Å². The highest BCUT2D eigenvalue weighted by Gasteiger charge is 2.38. The topological polar surface area (TPSA) is 41.6 Å². The first-order valence-electron chi connectivity index (χ1n) is 5.26. The van der Waals surface area contributed by atoms with Crippen molar-refractivity contribution >= 4 is 5.96 Å². The molecule has 0 aromatic rings. The van der Waals surface area contributed by atoms with Crippen LogP contribution in [-0.4, -0.2) is 29.5 Å². The SMILES string of the molecule is CC(C)CC1CN=C(N)N1C1CC1. The quantitative estimate of drug-likeness (QED) is 0.710. The molecule has 13 heavy (non-hydrogen) atoms. The minimum Gasteiger partial charge on any atom is -0.370 e. The van der Waals surface area contributed by atoms with Gasteiger partial charge in [-0.1, -0.05) is 13.8 Å². The van der Waals surface area contributed by atoms with Gasteiger partial charge in [0, 0.05) is 6.04 Å². The highest BCUT2D eigenvalue weighted by molar-refractivity contribution is 5.80. The Kier molecular flexibility index (Phi) is 2.18. The molecule has 2 aliphatic rings. The lowest BCUT2D eigenvalue weighted by Crippen LogP contribution is -2.42. The maximum atomic E-state index is 5.86. The van der Waals surface area contributed by atoms with Crippen LogP contribution in [0.2, 0.25) is 0 Å². The van der Waals surface area contributed by atoms with Crippen molar-refractivity contribution in [1.82, 2.24) is 4.90 Å². The van der Waals surface area contributed by atoms with E-state index in [1.807, 2.05) is 0 Å². The minimum atomic E-state index is 0.590. The van der Waals surface area contributed by atoms with Crippen molar-refractivity contribution in [3.05, 3.63) is 0 Å². The Bertz CT molecular complexity index is 218. The molecular weight excluding hydrogens is 162 g/mol. The van der Waals surface area contributed by atoms with Gasteiger partial charge in [0.25, 0.3) is 0 Å². The number of rotatable bonds is 3. The molecule has 1 aliphatic carbocycles. The lowest BCUT2D eigenvalue weighted by Gasteiger charge is -2.27. The Morgan fingerprint density at radius 1 is 1.54 bits per heavy atom. The summed E-state index contributed by atoms with van der Waals surface area (Å²) in [4.78, 5) is 6.68. The van der Waals surface area contributed by atoms with Crippen LogP contribution in [-0.2, 0) is 0 Å². The number of nitrogens with zero attached hydrogens (tertiary/aromatic N) is 2. The first kappa shape index (κ1) is 8.85. The molecule has 0 amide bonds. The Morgan fingerprint density at radius 3 is 2.77 bits per heavy atom. The fraction of sp³-hybridized carbons (Fsp3) is 0.900. The standard InChI is InChI=1S/C10H19N3/c1-7(2)5-9-6-12-10(11)13(9)8-3-4-8/h7-9H,3-6H2,1-2H3,(H2,11,12). The first-order chi connectivity index (χ1) is 6.18. The van der Waals surface area contributed by atoms with Crippen molar-refractivity contribution in [1.29, 1.82) is 0 Å². The van der Waals surface area contributed by atoms with E-state index in [0.29, 0.717) is 6.04 Å². The van der Waals surface area contributed by atoms with Gasteiger partial charge >= 0.3 is 0 Å². The van der Waals surface area contributed by atoms with Crippen molar-refractivity contribution in [2.24, 2.45) is 16.6 Å². The van der Waals surface area contributed by atoms with Crippen LogP contribution in [0.4, 0.5) is 0 Å². The molecule has 0 aromatic carbocycles. The number of guanidine groups is 1. The van der Waals surface area contributed by atoms with Gasteiger partial charge in [0.1, 0.15) is 0 Å². The molecule has 2 N–H and O–H groups in total. The van der Waals surface area contributed by atoms with Gasteiger partial charge < -0.3 is 10.6 Å². The average Bonchev–Trinajstić information content (AvgIpc) is 2.79. The summed E-state index contributed by atoms with van der Waals surface area (Å²) >= 11 is 0. The average molecular weight is 181 g/mol. The molecule has 0 bridgehead atoms. The van der Waals surface area contributed by atoms with Gasteiger partial charge in [-0.2, -0.15) is 0 Å². The van der Waals surface area contributed by atoms with E-state index in [-0.39, 0.29) is 0 Å². The third-order valence-electron chi connectivity index (χ3n) is 2.81. The number of aliphatic imine (C=N–C) groups is 1. The van der Waals surface area contributed by atoms with Crippen LogP contribution >= 0.6 is 0 Å². The number of hydrogen-bond acceptors (Lipinski definition) is 3. The third-order valence-corrected chi connectivity index (χ3v) is 2.81. The zero-order chi connectivity index (χ0) is 9.42. The Morgan fingerprint density at radius 2 is 2.23 bits per heavy atom. The molecule has 3 heteroatoms. The summed E-state index contributed by atoms with van der Waals surface area (Å²) in [5, 5.41) is 0. The number of hydrogen-bond donors (Lipinski definition) is 1. The van der Waals surface area contributed by atoms with Gasteiger partial charge in [0.05, 0.1) is 12.6 Å². The van der Waals surface area contributed by atoms with E-state index in [1.165, 1.54) is 19.3 Å². The molecule has 3 nitrogen and oxygen atoms in total. The highest BCUT2D eigenvalue weighted by Crippen LogP contribution is 2.32. The van der Waals surface area contributed by atoms with Crippen molar-refractivity contribution in [3.8, 4) is 0 Å². The normalized spacial score (nSPS) is 28.4. The molecule has 0 aromatic heterocycles. The lowest BCUT2D eigenvalue weighted by molar-refractivity contribution is 0.289. The smallest absolute Gasteiger partial charge is 0.191 e. The Hall–Kier alpha value is -0.730. The zero-order valence-electron chi connectivity index (χ0n) is 8.53. The van der Waals surface area contributed by atoms with Gasteiger partial charge in [-0.25, -0.2) is 0 Å². The second-order valence-electron chi connectivity index (χ2n) is 4.62. The van der Waals surface area contributed by atoms with Gasteiger partial charge in [-0.05, 0) is 25.2 Å². The van der Waals surface area contributed by atoms with E-state index in [2.05, 4.69) is 23.7 Å².